The van der Waals surface area contributed by atoms with Gasteiger partial charge in [-0.25, -0.2) is 0 Å². The molecule has 0 aliphatic carbocycles. The van der Waals surface area contributed by atoms with Gasteiger partial charge in [0, 0.05) is 0 Å². The van der Waals surface area contributed by atoms with E-state index < -0.39 is 6.08 Å². The Kier molecular flexibility index (Phi) is 1.77. The molecule has 0 saturated heterocycles. The quantitative estimate of drug-likeness (QED) is 0.429. The highest BCUT2D eigenvalue weighted by atomic mass is 19.3. The monoisotopic (exact) mass is 92.0 g/mol. The van der Waals surface area contributed by atoms with Crippen molar-refractivity contribution in [3.05, 3.63) is 11.7 Å². The van der Waals surface area contributed by atoms with Crippen molar-refractivity contribution in [1.29, 1.82) is 0 Å². The molecular weight excluding hydrogens is 86.0 g/mol. The van der Waals surface area contributed by atoms with E-state index in [4.69, 9.17) is 0 Å². The van der Waals surface area contributed by atoms with Crippen LogP contribution in [0.3, 0.4) is 0 Å². The van der Waals surface area contributed by atoms with Gasteiger partial charge in [0.1, 0.15) is 0 Å². The summed E-state index contributed by atoms with van der Waals surface area (Å²) in [6.45, 7) is 2.74. The summed E-state index contributed by atoms with van der Waals surface area (Å²) < 4.78 is 22.1. The Bertz CT molecular complexity index is 55.6. The first-order valence-electron chi connectivity index (χ1n) is 1.63. The summed E-state index contributed by atoms with van der Waals surface area (Å²) in [6.07, 6.45) is -1.57. The molecule has 0 amide bonds. The summed E-state index contributed by atoms with van der Waals surface area (Å²) in [5.74, 6) is 0. The second-order valence-corrected chi connectivity index (χ2v) is 1.26. The highest BCUT2D eigenvalue weighted by Gasteiger charge is 1.86. The molecule has 0 fully saturated rings. The number of hydrogen-bond acceptors (Lipinski definition) is 0. The minimum atomic E-state index is -1.57. The van der Waals surface area contributed by atoms with Gasteiger partial charge in [-0.15, -0.1) is 0 Å². The normalized spacial score (nSPS) is 8.00. The van der Waals surface area contributed by atoms with E-state index in [1.54, 1.807) is 0 Å². The van der Waals surface area contributed by atoms with Crippen LogP contribution < -0.4 is 0 Å². The van der Waals surface area contributed by atoms with Gasteiger partial charge in [-0.05, 0) is 19.4 Å². The van der Waals surface area contributed by atoms with Crippen molar-refractivity contribution in [2.24, 2.45) is 0 Å². The largest absolute Gasteiger partial charge is 0.268 e. The van der Waals surface area contributed by atoms with Gasteiger partial charge in [0.2, 0.25) is 0 Å². The van der Waals surface area contributed by atoms with Crippen molar-refractivity contribution in [2.45, 2.75) is 13.8 Å². The Labute approximate surface area is 35.5 Å². The maximum absolute atomic E-state index is 11.0. The molecule has 0 spiro atoms. The first-order valence-corrected chi connectivity index (χ1v) is 1.63. The van der Waals surface area contributed by atoms with Crippen LogP contribution in [0.15, 0.2) is 11.7 Å². The number of rotatable bonds is 0. The summed E-state index contributed by atoms with van der Waals surface area (Å²) in [5, 5.41) is 0. The van der Waals surface area contributed by atoms with E-state index in [1.807, 2.05) is 0 Å². The molecule has 0 aliphatic heterocycles. The Balaban J connectivity index is 3.68. The van der Waals surface area contributed by atoms with Crippen molar-refractivity contribution in [3.63, 3.8) is 0 Å². The molecule has 0 nitrogen and oxygen atoms in total. The van der Waals surface area contributed by atoms with E-state index >= 15 is 0 Å². The van der Waals surface area contributed by atoms with Crippen LogP contribution in [0.1, 0.15) is 13.8 Å². The lowest BCUT2D eigenvalue weighted by atomic mass is 10.4. The average Bonchev–Trinajstić information content (AvgIpc) is 1.36. The fourth-order valence-corrected chi connectivity index (χ4v) is 0. The maximum Gasteiger partial charge on any atom is 0.268 e. The van der Waals surface area contributed by atoms with Gasteiger partial charge in [0.05, 0.1) is 0 Å². The maximum atomic E-state index is 11.0. The van der Waals surface area contributed by atoms with Crippen LogP contribution in [0.4, 0.5) is 8.78 Å². The van der Waals surface area contributed by atoms with Gasteiger partial charge < -0.3 is 0 Å². The number of halogens is 2. The summed E-state index contributed by atoms with van der Waals surface area (Å²) >= 11 is 0. The average molecular weight is 92.1 g/mol. The molecule has 0 heterocycles. The molecule has 0 N–H and O–H groups in total. The van der Waals surface area contributed by atoms with Gasteiger partial charge in [0.15, 0.2) is 0 Å². The van der Waals surface area contributed by atoms with Crippen LogP contribution in [-0.2, 0) is 0 Å². The smallest absolute Gasteiger partial charge is 0.173 e. The SMILES string of the molecule is CC(C)=C(F)F. The molecule has 0 atom stereocenters. The zero-order chi connectivity index (χ0) is 5.15. The first kappa shape index (κ1) is 5.60. The lowest BCUT2D eigenvalue weighted by Crippen LogP contribution is -1.61. The van der Waals surface area contributed by atoms with E-state index in [0.29, 0.717) is 0 Å². The summed E-state index contributed by atoms with van der Waals surface area (Å²) in [4.78, 5) is 0. The van der Waals surface area contributed by atoms with Crippen molar-refractivity contribution in [1.82, 2.24) is 0 Å². The molecule has 6 heavy (non-hydrogen) atoms. The van der Waals surface area contributed by atoms with E-state index in [1.165, 1.54) is 13.8 Å². The van der Waals surface area contributed by atoms with Gasteiger partial charge in [-0.2, -0.15) is 8.78 Å². The zero-order valence-corrected chi connectivity index (χ0v) is 3.76. The third-order valence-electron chi connectivity index (χ3n) is 0.378. The van der Waals surface area contributed by atoms with Gasteiger partial charge in [-0.1, -0.05) is 0 Å². The Morgan fingerprint density at radius 3 is 1.33 bits per heavy atom. The molecule has 36 valence electrons. The summed E-state index contributed by atoms with van der Waals surface area (Å²) in [7, 11) is 0. The van der Waals surface area contributed by atoms with E-state index in [-0.39, 0.29) is 5.57 Å². The summed E-state index contributed by atoms with van der Waals surface area (Å²) in [5.41, 5.74) is 0.0926. The minimum Gasteiger partial charge on any atom is -0.173 e. The highest BCUT2D eigenvalue weighted by Crippen LogP contribution is 2.03. The van der Waals surface area contributed by atoms with Crippen LogP contribution in [0.2, 0.25) is 0 Å². The van der Waals surface area contributed by atoms with Crippen LogP contribution in [-0.4, -0.2) is 0 Å². The van der Waals surface area contributed by atoms with Crippen LogP contribution in [0.5, 0.6) is 0 Å². The van der Waals surface area contributed by atoms with Gasteiger partial charge in [0.25, 0.3) is 6.08 Å². The second-order valence-electron chi connectivity index (χ2n) is 1.26. The van der Waals surface area contributed by atoms with Crippen molar-refractivity contribution >= 4 is 0 Å². The predicted octanol–water partition coefficient (Wildman–Crippen LogP) is 2.18. The third kappa shape index (κ3) is 1.88. The van der Waals surface area contributed by atoms with Crippen molar-refractivity contribution in [3.8, 4) is 0 Å². The Morgan fingerprint density at radius 2 is 1.33 bits per heavy atom. The number of hydrogen-bond donors (Lipinski definition) is 0. The molecule has 0 unspecified atom stereocenters. The Morgan fingerprint density at radius 1 is 1.17 bits per heavy atom. The van der Waals surface area contributed by atoms with E-state index in [0.717, 1.165) is 0 Å². The minimum absolute atomic E-state index is 0.0926. The second kappa shape index (κ2) is 1.90. The van der Waals surface area contributed by atoms with Gasteiger partial charge >= 0.3 is 0 Å². The molecule has 0 aromatic carbocycles. The predicted molar refractivity (Wildman–Crippen MR) is 20.6 cm³/mol. The van der Waals surface area contributed by atoms with Gasteiger partial charge in [-0.3, -0.25) is 0 Å². The third-order valence-corrected chi connectivity index (χ3v) is 0.378. The van der Waals surface area contributed by atoms with Crippen molar-refractivity contribution in [2.75, 3.05) is 0 Å². The standard InChI is InChI=1S/C4H6F2/c1-3(2)4(5)6/h1-2H3. The number of allylic oxidation sites excluding steroid dienone is 1. The fraction of sp³-hybridized carbons (Fsp3) is 0.500. The molecule has 0 bridgehead atoms. The lowest BCUT2D eigenvalue weighted by Gasteiger charge is -1.78. The topological polar surface area (TPSA) is 0 Å². The molecule has 0 saturated carbocycles. The van der Waals surface area contributed by atoms with E-state index in [2.05, 4.69) is 0 Å². The van der Waals surface area contributed by atoms with Crippen LogP contribution in [0.25, 0.3) is 0 Å². The fourth-order valence-electron chi connectivity index (χ4n) is 0. The summed E-state index contributed by atoms with van der Waals surface area (Å²) in [6, 6.07) is 0. The molecular formula is C4H6F2. The molecule has 0 radical (unpaired) electrons. The van der Waals surface area contributed by atoms with Crippen molar-refractivity contribution < 1.29 is 8.78 Å². The van der Waals surface area contributed by atoms with Crippen LogP contribution >= 0.6 is 0 Å². The highest BCUT2D eigenvalue weighted by molar-refractivity contribution is 4.92. The molecule has 0 rings (SSSR count). The Hall–Kier alpha value is -0.400. The molecule has 0 aromatic heterocycles. The van der Waals surface area contributed by atoms with E-state index in [9.17, 15) is 8.78 Å². The van der Waals surface area contributed by atoms with Crippen LogP contribution in [0, 0.1) is 0 Å². The lowest BCUT2D eigenvalue weighted by molar-refractivity contribution is 0.412. The zero-order valence-electron chi connectivity index (χ0n) is 3.76. The molecule has 0 aliphatic rings. The molecule has 2 heteroatoms. The molecule has 0 aromatic rings. The first-order chi connectivity index (χ1) is 2.64.